The number of pyridine rings is 2. The highest BCUT2D eigenvalue weighted by molar-refractivity contribution is 7.86. The van der Waals surface area contributed by atoms with Crippen molar-refractivity contribution in [3.8, 4) is 0 Å². The number of anilines is 1. The van der Waals surface area contributed by atoms with E-state index in [9.17, 15) is 47.7 Å². The molecule has 442 valence electrons. The van der Waals surface area contributed by atoms with Crippen LogP contribution < -0.4 is 16.1 Å². The Kier molecular flexibility index (Phi) is 21.8. The number of esters is 1. The van der Waals surface area contributed by atoms with Gasteiger partial charge in [-0.05, 0) is 94.8 Å². The number of hydrogen-bond acceptors (Lipinski definition) is 22. The molecule has 3 saturated heterocycles. The van der Waals surface area contributed by atoms with Crippen molar-refractivity contribution in [3.05, 3.63) is 33.9 Å². The second-order valence-electron chi connectivity index (χ2n) is 21.8. The number of methoxy groups -OCH3 is 1. The van der Waals surface area contributed by atoms with E-state index in [4.69, 9.17) is 42.1 Å². The van der Waals surface area contributed by atoms with Gasteiger partial charge in [-0.25, -0.2) is 19.0 Å². The normalized spacial score (nSPS) is 29.8. The molecule has 0 aromatic carbocycles. The molecular formula is C52H82FN5O19S. The predicted octanol–water partition coefficient (Wildman–Crippen LogP) is 3.59. The van der Waals surface area contributed by atoms with Gasteiger partial charge in [0.05, 0.1) is 52.7 Å². The van der Waals surface area contributed by atoms with Gasteiger partial charge in [0.1, 0.15) is 41.9 Å². The minimum Gasteiger partial charge on any atom is -0.477 e. The number of rotatable bonds is 28. The number of likely N-dealkylation sites (N-methyl/N-ethyl adjacent to an activating group) is 1. The lowest BCUT2D eigenvalue weighted by Gasteiger charge is -2.49. The summed E-state index contributed by atoms with van der Waals surface area (Å²) < 4.78 is 98.5. The number of ether oxygens (including phenoxy) is 8. The summed E-state index contributed by atoms with van der Waals surface area (Å²) in [4.78, 5) is 69.3. The number of halogens is 1. The summed E-state index contributed by atoms with van der Waals surface area (Å²) >= 11 is 0. The molecule has 0 spiro atoms. The zero-order chi connectivity index (χ0) is 58.4. The van der Waals surface area contributed by atoms with Crippen molar-refractivity contribution < 1.29 is 89.4 Å². The average molecular weight is 1130 g/mol. The summed E-state index contributed by atoms with van der Waals surface area (Å²) in [5.41, 5.74) is -5.91. The number of aromatic carboxylic acids is 1. The number of aromatic nitrogens is 2. The SMILES string of the molecule is CC[C@@H](OC(=O)[C@H](C)[C@@H](O[C@H]1C[C@@](C)(OC)[C@@H](OS(=O)(=O)CCNCCNc2nc3c(cc2F)c(=O)c(C(=O)O)cn3CC)[C@H](C)O1)[C@H](C)[C@@H](O[C@@H]1O[C@H](C)C[C@H](N(C)C)[C@H]1O)[C@](C)(O)C[C@@H](C)C=O)[C@@]1(C)OC(=O)O[C@@H]1C. The van der Waals surface area contributed by atoms with E-state index in [1.165, 1.54) is 18.6 Å². The Hall–Kier alpha value is -4.48. The van der Waals surface area contributed by atoms with Crippen molar-refractivity contribution in [2.24, 2.45) is 17.8 Å². The Labute approximate surface area is 455 Å². The Balaban J connectivity index is 1.35. The molecule has 3 aliphatic heterocycles. The van der Waals surface area contributed by atoms with Crippen LogP contribution in [0.3, 0.4) is 0 Å². The van der Waals surface area contributed by atoms with Gasteiger partial charge in [0.25, 0.3) is 10.1 Å². The molecule has 0 bridgehead atoms. The topological polar surface area (TPSA) is 308 Å². The van der Waals surface area contributed by atoms with Crippen LogP contribution in [0.15, 0.2) is 17.1 Å². The molecule has 0 amide bonds. The van der Waals surface area contributed by atoms with Crippen LogP contribution in [0.4, 0.5) is 15.0 Å². The van der Waals surface area contributed by atoms with Gasteiger partial charge in [-0.15, -0.1) is 0 Å². The van der Waals surface area contributed by atoms with E-state index in [0.717, 1.165) is 12.3 Å². The summed E-state index contributed by atoms with van der Waals surface area (Å²) in [6.07, 6.45) is -9.41. The zero-order valence-corrected chi connectivity index (χ0v) is 48.0. The second-order valence-corrected chi connectivity index (χ2v) is 23.5. The first-order chi connectivity index (χ1) is 36.4. The van der Waals surface area contributed by atoms with Crippen molar-refractivity contribution in [3.63, 3.8) is 0 Å². The fourth-order valence-electron chi connectivity index (χ4n) is 10.7. The maximum absolute atomic E-state index is 15.1. The second kappa shape index (κ2) is 26.4. The molecule has 2 aromatic heterocycles. The summed E-state index contributed by atoms with van der Waals surface area (Å²) in [7, 11) is 0.679. The highest BCUT2D eigenvalue weighted by Gasteiger charge is 2.55. The predicted molar refractivity (Wildman–Crippen MR) is 280 cm³/mol. The Morgan fingerprint density at radius 2 is 1.77 bits per heavy atom. The molecular weight excluding hydrogens is 1050 g/mol. The number of nitrogens with zero attached hydrogens (tertiary/aromatic N) is 3. The van der Waals surface area contributed by atoms with E-state index < -0.39 is 147 Å². The van der Waals surface area contributed by atoms with Crippen molar-refractivity contribution in [2.75, 3.05) is 51.9 Å². The Morgan fingerprint density at radius 1 is 1.09 bits per heavy atom. The van der Waals surface area contributed by atoms with Crippen LogP contribution in [-0.4, -0.2) is 193 Å². The van der Waals surface area contributed by atoms with Gasteiger partial charge in [-0.1, -0.05) is 20.8 Å². The van der Waals surface area contributed by atoms with Crippen LogP contribution in [0.1, 0.15) is 112 Å². The summed E-state index contributed by atoms with van der Waals surface area (Å²) in [6, 6.07) is 0.518. The first-order valence-electron chi connectivity index (χ1n) is 26.5. The number of aliphatic hydroxyl groups excluding tert-OH is 1. The molecule has 24 nitrogen and oxygen atoms in total. The van der Waals surface area contributed by atoms with Crippen LogP contribution in [-0.2, 0) is 68.3 Å². The molecule has 5 N–H and O–H groups in total. The number of carbonyl (C=O) groups excluding carboxylic acids is 3. The van der Waals surface area contributed by atoms with Crippen LogP contribution in [0, 0.1) is 23.6 Å². The quantitative estimate of drug-likeness (QED) is 0.0352. The molecule has 17 atom stereocenters. The molecule has 5 heterocycles. The van der Waals surface area contributed by atoms with Gasteiger partial charge in [-0.3, -0.25) is 13.8 Å². The number of carboxylic acids is 1. The molecule has 3 fully saturated rings. The smallest absolute Gasteiger partial charge is 0.477 e. The van der Waals surface area contributed by atoms with Crippen molar-refractivity contribution in [1.29, 1.82) is 0 Å². The molecule has 26 heteroatoms. The minimum absolute atomic E-state index is 0.0728. The van der Waals surface area contributed by atoms with Gasteiger partial charge in [-0.2, -0.15) is 8.42 Å². The summed E-state index contributed by atoms with van der Waals surface area (Å²) in [5.74, 6) is -6.72. The summed E-state index contributed by atoms with van der Waals surface area (Å²) in [5, 5.41) is 39.1. The van der Waals surface area contributed by atoms with E-state index in [2.05, 4.69) is 15.6 Å². The number of nitrogens with one attached hydrogen (secondary N) is 2. The van der Waals surface area contributed by atoms with E-state index in [0.29, 0.717) is 12.7 Å². The third-order valence-electron chi connectivity index (χ3n) is 15.3. The Bertz CT molecular complexity index is 2590. The number of fused-ring (bicyclic) bond motifs is 1. The van der Waals surface area contributed by atoms with Crippen LogP contribution in [0.25, 0.3) is 11.0 Å². The third kappa shape index (κ3) is 14.9. The van der Waals surface area contributed by atoms with Crippen LogP contribution >= 0.6 is 0 Å². The number of carbonyl (C=O) groups is 4. The lowest BCUT2D eigenvalue weighted by atomic mass is 9.78. The third-order valence-corrected chi connectivity index (χ3v) is 16.5. The van der Waals surface area contributed by atoms with Crippen molar-refractivity contribution >= 4 is 51.3 Å². The van der Waals surface area contributed by atoms with E-state index >= 15 is 4.39 Å². The number of aliphatic hydroxyl groups is 2. The molecule has 78 heavy (non-hydrogen) atoms. The fourth-order valence-corrected chi connectivity index (χ4v) is 11.9. The lowest BCUT2D eigenvalue weighted by molar-refractivity contribution is -0.316. The van der Waals surface area contributed by atoms with Gasteiger partial charge in [0.15, 0.2) is 29.8 Å². The standard InChI is InChI=1S/C52H82FN5O19S/c1-15-37(52(11)32(8)72-49(65)76-52)73-47(64)30(6)41(29(5)42(50(9,66)23-27(3)26-59)75-48-40(61)36(57(12)13)21-28(4)70-48)74-38-24-51(10,69-14)43(31(7)71-38)77-78(67,68)20-19-54-17-18-55-44-35(53)22-33-39(60)34(46(62)63)25-58(16-2)45(33)56-44/h22,25-32,36-38,40-43,48,54,61,66H,15-21,23-24H2,1-14H3,(H,55,56)(H,62,63)/t27-,28-,29+,30-,31+,32-,36+,37-,38+,40-,41+,42-,43+,48+,50-,51-,52+/m1/s1. The van der Waals surface area contributed by atoms with Crippen LogP contribution in [0.2, 0.25) is 0 Å². The zero-order valence-electron chi connectivity index (χ0n) is 47.2. The van der Waals surface area contributed by atoms with E-state index in [1.54, 1.807) is 62.3 Å². The summed E-state index contributed by atoms with van der Waals surface area (Å²) in [6.45, 7) is 18.4. The van der Waals surface area contributed by atoms with Crippen molar-refractivity contribution in [2.45, 2.75) is 193 Å². The number of carboxylic acid groups (broad SMARTS) is 1. The molecule has 0 aliphatic carbocycles. The molecule has 0 saturated carbocycles. The number of hydrogen-bond donors (Lipinski definition) is 5. The molecule has 0 unspecified atom stereocenters. The van der Waals surface area contributed by atoms with E-state index in [1.807, 2.05) is 25.9 Å². The van der Waals surface area contributed by atoms with Gasteiger partial charge in [0.2, 0.25) is 5.43 Å². The lowest BCUT2D eigenvalue weighted by Crippen LogP contribution is -2.61. The Morgan fingerprint density at radius 3 is 2.35 bits per heavy atom. The minimum atomic E-state index is -4.31. The molecule has 2 aromatic rings. The molecule has 5 rings (SSSR count). The number of aldehydes is 1. The van der Waals surface area contributed by atoms with E-state index in [-0.39, 0.29) is 68.4 Å². The largest absolute Gasteiger partial charge is 0.509 e. The van der Waals surface area contributed by atoms with Gasteiger partial charge < -0.3 is 78.1 Å². The van der Waals surface area contributed by atoms with Crippen LogP contribution in [0.5, 0.6) is 0 Å². The number of aryl methyl sites for hydroxylation is 1. The highest BCUT2D eigenvalue weighted by atomic mass is 32.2. The van der Waals surface area contributed by atoms with Gasteiger partial charge in [0, 0.05) is 63.8 Å². The first kappa shape index (κ1) is 64.3. The first-order valence-corrected chi connectivity index (χ1v) is 28.1. The van der Waals surface area contributed by atoms with Gasteiger partial charge >= 0.3 is 18.1 Å². The molecule has 0 radical (unpaired) electrons. The average Bonchev–Trinajstić information content (AvgIpc) is 3.71. The van der Waals surface area contributed by atoms with Crippen molar-refractivity contribution in [1.82, 2.24) is 19.8 Å². The highest BCUT2D eigenvalue weighted by Crippen LogP contribution is 2.41. The maximum Gasteiger partial charge on any atom is 0.509 e. The maximum atomic E-state index is 15.1. The monoisotopic (exact) mass is 1130 g/mol. The number of cyclic esters (lactones) is 2. The molecule has 3 aliphatic rings. The fraction of sp³-hybridized carbons (Fsp3) is 0.769.